The molecule has 0 bridgehead atoms. The van der Waals surface area contributed by atoms with Crippen LogP contribution in [-0.4, -0.2) is 39.4 Å². The Morgan fingerprint density at radius 3 is 2.76 bits per heavy atom. The number of piperidine rings is 1. The van der Waals surface area contributed by atoms with E-state index < -0.39 is 15.8 Å². The number of hydrogen-bond donors (Lipinski definition) is 1. The summed E-state index contributed by atoms with van der Waals surface area (Å²) in [7, 11) is -1.83. The van der Waals surface area contributed by atoms with Crippen molar-refractivity contribution < 1.29 is 12.8 Å². The van der Waals surface area contributed by atoms with Crippen LogP contribution in [0.15, 0.2) is 23.1 Å². The minimum Gasteiger partial charge on any atom is -0.319 e. The van der Waals surface area contributed by atoms with Crippen molar-refractivity contribution >= 4 is 34.0 Å². The van der Waals surface area contributed by atoms with Gasteiger partial charge < -0.3 is 5.32 Å². The van der Waals surface area contributed by atoms with Crippen LogP contribution in [0.1, 0.15) is 12.8 Å². The number of sulfonamides is 1. The summed E-state index contributed by atoms with van der Waals surface area (Å²) in [5.74, 6) is -0.354. The molecule has 0 aromatic heterocycles. The summed E-state index contributed by atoms with van der Waals surface area (Å²) in [4.78, 5) is -0.0763. The molecule has 1 aliphatic rings. The molecule has 4 nitrogen and oxygen atoms in total. The Bertz CT molecular complexity index is 561. The fourth-order valence-electron chi connectivity index (χ4n) is 2.53. The van der Waals surface area contributed by atoms with Gasteiger partial charge in [0, 0.05) is 18.1 Å². The summed E-state index contributed by atoms with van der Waals surface area (Å²) in [6.07, 6.45) is 1.81. The predicted molar refractivity (Wildman–Crippen MR) is 84.1 cm³/mol. The lowest BCUT2D eigenvalue weighted by molar-refractivity contribution is 0.263. The van der Waals surface area contributed by atoms with E-state index in [1.807, 2.05) is 7.05 Å². The Morgan fingerprint density at radius 2 is 2.14 bits per heavy atom. The van der Waals surface area contributed by atoms with Crippen molar-refractivity contribution in [3.63, 3.8) is 0 Å². The van der Waals surface area contributed by atoms with Crippen molar-refractivity contribution in [3.8, 4) is 0 Å². The van der Waals surface area contributed by atoms with Crippen LogP contribution in [0.5, 0.6) is 0 Å². The van der Waals surface area contributed by atoms with Crippen molar-refractivity contribution in [1.29, 1.82) is 0 Å². The van der Waals surface area contributed by atoms with Crippen LogP contribution in [0.25, 0.3) is 0 Å². The number of benzene rings is 1. The molecule has 1 atom stereocenters. The second kappa shape index (κ2) is 7.74. The molecule has 1 N–H and O–H groups in total. The average molecular weight is 357 g/mol. The van der Waals surface area contributed by atoms with Gasteiger partial charge in [-0.2, -0.15) is 4.31 Å². The Morgan fingerprint density at radius 1 is 1.43 bits per heavy atom. The van der Waals surface area contributed by atoms with Gasteiger partial charge in [-0.05, 0) is 50.6 Å². The van der Waals surface area contributed by atoms with E-state index in [-0.39, 0.29) is 28.2 Å². The molecule has 1 saturated heterocycles. The molecule has 0 saturated carbocycles. The van der Waals surface area contributed by atoms with Gasteiger partial charge in [0.2, 0.25) is 10.0 Å². The smallest absolute Gasteiger partial charge is 0.243 e. The van der Waals surface area contributed by atoms with Gasteiger partial charge in [-0.3, -0.25) is 0 Å². The predicted octanol–water partition coefficient (Wildman–Crippen LogP) is 2.52. The van der Waals surface area contributed by atoms with E-state index in [1.165, 1.54) is 10.4 Å². The molecule has 1 aromatic carbocycles. The number of hydrogen-bond acceptors (Lipinski definition) is 3. The number of nitrogens with one attached hydrogen (secondary N) is 1. The van der Waals surface area contributed by atoms with E-state index in [9.17, 15) is 12.8 Å². The lowest BCUT2D eigenvalue weighted by Crippen LogP contribution is -2.42. The molecule has 1 heterocycles. The van der Waals surface area contributed by atoms with E-state index in [2.05, 4.69) is 5.32 Å². The molecule has 2 rings (SSSR count). The topological polar surface area (TPSA) is 49.4 Å². The Hall–Kier alpha value is -0.400. The molecule has 1 unspecified atom stereocenters. The van der Waals surface area contributed by atoms with Crippen LogP contribution >= 0.6 is 24.0 Å². The third kappa shape index (κ3) is 4.53. The van der Waals surface area contributed by atoms with Gasteiger partial charge >= 0.3 is 0 Å². The van der Waals surface area contributed by atoms with E-state index in [0.717, 1.165) is 31.5 Å². The zero-order chi connectivity index (χ0) is 14.8. The highest BCUT2D eigenvalue weighted by atomic mass is 35.5. The summed E-state index contributed by atoms with van der Waals surface area (Å²) in [6, 6.07) is 3.41. The Balaban J connectivity index is 0.00000220. The second-order valence-electron chi connectivity index (χ2n) is 5.03. The van der Waals surface area contributed by atoms with Crippen LogP contribution in [0.3, 0.4) is 0 Å². The van der Waals surface area contributed by atoms with E-state index in [4.69, 9.17) is 11.6 Å². The van der Waals surface area contributed by atoms with Crippen LogP contribution in [0.2, 0.25) is 5.02 Å². The molecule has 0 amide bonds. The Labute approximate surface area is 136 Å². The van der Waals surface area contributed by atoms with Crippen LogP contribution in [0, 0.1) is 11.7 Å². The molecular formula is C13H19Cl2FN2O2S. The first-order chi connectivity index (χ1) is 9.43. The summed E-state index contributed by atoms with van der Waals surface area (Å²) in [6.45, 7) is 1.70. The van der Waals surface area contributed by atoms with E-state index in [1.54, 1.807) is 0 Å². The minimum absolute atomic E-state index is 0. The number of rotatable bonds is 4. The summed E-state index contributed by atoms with van der Waals surface area (Å²) >= 11 is 5.74. The highest BCUT2D eigenvalue weighted by molar-refractivity contribution is 7.89. The molecule has 21 heavy (non-hydrogen) atoms. The molecule has 0 spiro atoms. The molecular weight excluding hydrogens is 338 g/mol. The van der Waals surface area contributed by atoms with Crippen LogP contribution in [0.4, 0.5) is 4.39 Å². The van der Waals surface area contributed by atoms with Crippen LogP contribution < -0.4 is 5.32 Å². The van der Waals surface area contributed by atoms with Gasteiger partial charge in [0.15, 0.2) is 0 Å². The van der Waals surface area contributed by atoms with Crippen molar-refractivity contribution in [2.24, 2.45) is 5.92 Å². The first-order valence-electron chi connectivity index (χ1n) is 6.54. The first kappa shape index (κ1) is 18.6. The molecule has 8 heteroatoms. The van der Waals surface area contributed by atoms with Crippen molar-refractivity contribution in [3.05, 3.63) is 29.0 Å². The van der Waals surface area contributed by atoms with Gasteiger partial charge in [0.25, 0.3) is 0 Å². The maximum atomic E-state index is 13.3. The number of nitrogens with zero attached hydrogens (tertiary/aromatic N) is 1. The van der Waals surface area contributed by atoms with Gasteiger partial charge in [0.05, 0.1) is 4.90 Å². The standard InChI is InChI=1S/C13H18ClFN2O2S.ClH/c1-16-8-10-3-2-4-17(9-10)20(18,19)13-6-11(14)5-12(15)7-13;/h5-7,10,16H,2-4,8-9H2,1H3;1H. The molecule has 0 aliphatic carbocycles. The van der Waals surface area contributed by atoms with Crippen molar-refractivity contribution in [1.82, 2.24) is 9.62 Å². The molecule has 1 fully saturated rings. The average Bonchev–Trinajstić information content (AvgIpc) is 2.38. The highest BCUT2D eigenvalue weighted by Gasteiger charge is 2.30. The van der Waals surface area contributed by atoms with Gasteiger partial charge in [-0.25, -0.2) is 12.8 Å². The fraction of sp³-hybridized carbons (Fsp3) is 0.538. The normalized spacial score (nSPS) is 20.0. The second-order valence-corrected chi connectivity index (χ2v) is 7.41. The van der Waals surface area contributed by atoms with Gasteiger partial charge in [-0.1, -0.05) is 11.6 Å². The molecule has 120 valence electrons. The summed E-state index contributed by atoms with van der Waals surface area (Å²) < 4.78 is 39.8. The van der Waals surface area contributed by atoms with Crippen LogP contribution in [-0.2, 0) is 10.0 Å². The third-order valence-corrected chi connectivity index (χ3v) is 5.51. The van der Waals surface area contributed by atoms with Gasteiger partial charge in [-0.15, -0.1) is 12.4 Å². The van der Waals surface area contributed by atoms with E-state index >= 15 is 0 Å². The maximum absolute atomic E-state index is 13.3. The molecule has 0 radical (unpaired) electrons. The Kier molecular flexibility index (Phi) is 6.87. The summed E-state index contributed by atoms with van der Waals surface area (Å²) in [5.41, 5.74) is 0. The highest BCUT2D eigenvalue weighted by Crippen LogP contribution is 2.25. The minimum atomic E-state index is -3.68. The number of halogens is 3. The summed E-state index contributed by atoms with van der Waals surface area (Å²) in [5, 5.41) is 3.15. The monoisotopic (exact) mass is 356 g/mol. The quantitative estimate of drug-likeness (QED) is 0.901. The molecule has 1 aliphatic heterocycles. The largest absolute Gasteiger partial charge is 0.319 e. The zero-order valence-corrected chi connectivity index (χ0v) is 14.1. The zero-order valence-electron chi connectivity index (χ0n) is 11.7. The third-order valence-electron chi connectivity index (χ3n) is 3.45. The fourth-order valence-corrected chi connectivity index (χ4v) is 4.43. The van der Waals surface area contributed by atoms with Gasteiger partial charge in [0.1, 0.15) is 5.82 Å². The SMILES string of the molecule is CNCC1CCCN(S(=O)(=O)c2cc(F)cc(Cl)c2)C1.Cl. The maximum Gasteiger partial charge on any atom is 0.243 e. The van der Waals surface area contributed by atoms with Crippen molar-refractivity contribution in [2.45, 2.75) is 17.7 Å². The first-order valence-corrected chi connectivity index (χ1v) is 8.36. The van der Waals surface area contributed by atoms with Crippen molar-refractivity contribution in [2.75, 3.05) is 26.7 Å². The van der Waals surface area contributed by atoms with E-state index in [0.29, 0.717) is 13.1 Å². The lowest BCUT2D eigenvalue weighted by atomic mass is 10.00. The lowest BCUT2D eigenvalue weighted by Gasteiger charge is -2.31. The molecule has 1 aromatic rings.